The fraction of sp³-hybridized carbons (Fsp3) is 0.667. The topological polar surface area (TPSA) is 225 Å². The third-order valence-electron chi connectivity index (χ3n) is 9.30. The van der Waals surface area contributed by atoms with E-state index in [-0.39, 0.29) is 61.5 Å². The quantitative estimate of drug-likeness (QED) is 0.169. The van der Waals surface area contributed by atoms with Crippen LogP contribution in [0.2, 0.25) is 0 Å². The van der Waals surface area contributed by atoms with E-state index in [2.05, 4.69) is 9.97 Å². The van der Waals surface area contributed by atoms with E-state index in [1.54, 1.807) is 63.1 Å². The lowest BCUT2D eigenvalue weighted by Crippen LogP contribution is -2.42. The summed E-state index contributed by atoms with van der Waals surface area (Å²) in [6, 6.07) is 3.34. The number of fused-ring (bicyclic) bond motifs is 6. The zero-order chi connectivity index (χ0) is 38.9. The molecule has 55 heavy (non-hydrogen) atoms. The van der Waals surface area contributed by atoms with Crippen LogP contribution in [0.3, 0.4) is 0 Å². The van der Waals surface area contributed by atoms with Crippen molar-refractivity contribution in [1.29, 1.82) is 10.8 Å². The van der Waals surface area contributed by atoms with Crippen molar-refractivity contribution in [2.45, 2.75) is 129 Å². The van der Waals surface area contributed by atoms with Crippen LogP contribution in [-0.2, 0) is 47.6 Å². The molecule has 2 saturated heterocycles. The van der Waals surface area contributed by atoms with Gasteiger partial charge in [-0.1, -0.05) is 12.8 Å². The molecule has 0 radical (unpaired) electrons. The Bertz CT molecular complexity index is 1740. The van der Waals surface area contributed by atoms with E-state index < -0.39 is 83.8 Å². The van der Waals surface area contributed by atoms with Crippen LogP contribution >= 0.6 is 12.4 Å². The van der Waals surface area contributed by atoms with E-state index in [1.807, 2.05) is 0 Å². The number of hydrogen-bond donors (Lipinski definition) is 2. The number of hydrogen-bond acceptors (Lipinski definition) is 16. The average molecular weight is 793 g/mol. The molecule has 18 nitrogen and oxygen atoms in total. The Kier molecular flexibility index (Phi) is 12.6. The Morgan fingerprint density at radius 3 is 1.42 bits per heavy atom. The summed E-state index contributed by atoms with van der Waals surface area (Å²) < 4.78 is 50.0. The third-order valence-corrected chi connectivity index (χ3v) is 9.30. The number of nitrogens with zero attached hydrogens (tertiary/aromatic N) is 4. The maximum Gasteiger partial charge on any atom is 0.311 e. The highest BCUT2D eigenvalue weighted by Crippen LogP contribution is 2.42. The van der Waals surface area contributed by atoms with Gasteiger partial charge < -0.3 is 37.9 Å². The standard InChI is InChI=1S/C36H48N6O12.ClH/c1-35(2,3)31(45)51-25-19(49-29-27(25)53-33-39-21(37)13-15-41(29)33)17-47-23(43)11-9-7-8-10-12-24(44)48-18-20-26(52-32(46)36(4,5)6)28-30(50-20)42-16-14-22(38)40-34(42)54-28;/h13-16,19-20,25-30,37-38H,7-12,17-18H2,1-6H3;1H/t19-,20-,25-,26-,27-,28-,29-,30-;/m1./s1. The molecule has 0 unspecified atom stereocenters. The van der Waals surface area contributed by atoms with Gasteiger partial charge in [-0.25, -0.2) is 0 Å². The Morgan fingerprint density at radius 2 is 1.05 bits per heavy atom. The number of aromatic nitrogens is 4. The summed E-state index contributed by atoms with van der Waals surface area (Å²) in [5.41, 5.74) is -1.53. The van der Waals surface area contributed by atoms with Gasteiger partial charge in [-0.2, -0.15) is 9.97 Å². The molecule has 8 atom stereocenters. The van der Waals surface area contributed by atoms with Crippen LogP contribution in [0.15, 0.2) is 24.5 Å². The van der Waals surface area contributed by atoms with Gasteiger partial charge in [0.05, 0.1) is 10.8 Å². The maximum absolute atomic E-state index is 12.8. The van der Waals surface area contributed by atoms with Crippen LogP contribution < -0.4 is 20.4 Å². The number of carbonyl (C=O) groups is 4. The lowest BCUT2D eigenvalue weighted by Gasteiger charge is -2.25. The largest absolute Gasteiger partial charge is 0.463 e. The SMILES string of the molecule is CC(C)(C)C(=O)O[C@H]1[C@H]2Oc3nc(=N)ccn3[C@@H]2O[C@@H]1COC(=O)CCCCCCC(=O)OC[C@H]1O[C@@H]2[C@H](Oc3nc(=N)ccn32)[C@@H]1OC(=O)C(C)(C)C.Cl. The first-order valence-electron chi connectivity index (χ1n) is 18.1. The van der Waals surface area contributed by atoms with Gasteiger partial charge in [0.15, 0.2) is 47.8 Å². The van der Waals surface area contributed by atoms with E-state index in [9.17, 15) is 19.2 Å². The molecule has 6 rings (SSSR count). The molecule has 4 aliphatic heterocycles. The molecule has 0 amide bonds. The summed E-state index contributed by atoms with van der Waals surface area (Å²) >= 11 is 0. The van der Waals surface area contributed by atoms with Crippen molar-refractivity contribution in [2.75, 3.05) is 13.2 Å². The second kappa shape index (κ2) is 16.7. The number of ether oxygens (including phenoxy) is 8. The number of nitrogens with one attached hydrogen (secondary N) is 2. The first kappa shape index (κ1) is 41.6. The average Bonchev–Trinajstić information content (AvgIpc) is 3.81. The Labute approximate surface area is 323 Å². The summed E-state index contributed by atoms with van der Waals surface area (Å²) in [6.45, 7) is 10.1. The zero-order valence-electron chi connectivity index (χ0n) is 31.7. The monoisotopic (exact) mass is 792 g/mol. The van der Waals surface area contributed by atoms with Crippen LogP contribution in [0.4, 0.5) is 0 Å². The predicted molar refractivity (Wildman–Crippen MR) is 188 cm³/mol. The zero-order valence-corrected chi connectivity index (χ0v) is 32.5. The molecular formula is C36H49ClN6O12. The Hall–Kier alpha value is -4.55. The molecular weight excluding hydrogens is 744 g/mol. The minimum atomic E-state index is -0.867. The molecule has 0 aromatic carbocycles. The molecule has 2 aromatic heterocycles. The molecule has 2 aromatic rings. The molecule has 19 heteroatoms. The van der Waals surface area contributed by atoms with Crippen molar-refractivity contribution in [2.24, 2.45) is 10.8 Å². The van der Waals surface area contributed by atoms with E-state index in [1.165, 1.54) is 12.1 Å². The van der Waals surface area contributed by atoms with Crippen molar-refractivity contribution >= 4 is 36.3 Å². The van der Waals surface area contributed by atoms with Crippen LogP contribution in [0.5, 0.6) is 12.0 Å². The van der Waals surface area contributed by atoms with Gasteiger partial charge in [0, 0.05) is 25.2 Å². The highest BCUT2D eigenvalue weighted by molar-refractivity contribution is 5.85. The first-order valence-corrected chi connectivity index (χ1v) is 18.1. The summed E-state index contributed by atoms with van der Waals surface area (Å²) in [4.78, 5) is 59.0. The molecule has 0 spiro atoms. The number of halogens is 1. The summed E-state index contributed by atoms with van der Waals surface area (Å²) in [7, 11) is 0. The number of unbranched alkanes of at least 4 members (excludes halogenated alkanes) is 3. The van der Waals surface area contributed by atoms with Crippen LogP contribution in [-0.4, -0.2) is 92.8 Å². The predicted octanol–water partition coefficient (Wildman–Crippen LogP) is 2.82. The van der Waals surface area contributed by atoms with Gasteiger partial charge in [0.2, 0.25) is 0 Å². The fourth-order valence-corrected chi connectivity index (χ4v) is 6.29. The van der Waals surface area contributed by atoms with E-state index in [4.69, 9.17) is 48.7 Å². The molecule has 0 aliphatic carbocycles. The molecule has 4 aliphatic rings. The van der Waals surface area contributed by atoms with E-state index >= 15 is 0 Å². The Balaban J connectivity index is 0.00000580. The summed E-state index contributed by atoms with van der Waals surface area (Å²) in [5, 5.41) is 15.5. The van der Waals surface area contributed by atoms with E-state index in [0.717, 1.165) is 0 Å². The molecule has 6 heterocycles. The maximum atomic E-state index is 12.8. The van der Waals surface area contributed by atoms with Gasteiger partial charge in [0.25, 0.3) is 0 Å². The third kappa shape index (κ3) is 9.47. The van der Waals surface area contributed by atoms with Gasteiger partial charge in [-0.15, -0.1) is 12.4 Å². The van der Waals surface area contributed by atoms with Crippen molar-refractivity contribution in [3.05, 3.63) is 35.5 Å². The lowest BCUT2D eigenvalue weighted by atomic mass is 9.97. The van der Waals surface area contributed by atoms with Gasteiger partial charge in [-0.05, 0) is 66.5 Å². The Morgan fingerprint density at radius 1 is 0.673 bits per heavy atom. The minimum Gasteiger partial charge on any atom is -0.463 e. The molecule has 302 valence electrons. The number of carbonyl (C=O) groups excluding carboxylic acids is 4. The second-order valence-corrected chi connectivity index (χ2v) is 15.8. The van der Waals surface area contributed by atoms with Crippen molar-refractivity contribution in [1.82, 2.24) is 19.1 Å². The fourth-order valence-electron chi connectivity index (χ4n) is 6.29. The van der Waals surface area contributed by atoms with Crippen LogP contribution in [0, 0.1) is 21.6 Å². The summed E-state index contributed by atoms with van der Waals surface area (Å²) in [6.07, 6.45) is -0.105. The second-order valence-electron chi connectivity index (χ2n) is 15.8. The number of rotatable bonds is 13. The van der Waals surface area contributed by atoms with Crippen molar-refractivity contribution in [3.63, 3.8) is 0 Å². The number of esters is 4. The van der Waals surface area contributed by atoms with Gasteiger partial charge in [-0.3, -0.25) is 39.1 Å². The summed E-state index contributed by atoms with van der Waals surface area (Å²) in [5.74, 6) is -1.79. The van der Waals surface area contributed by atoms with Gasteiger partial charge >= 0.3 is 35.9 Å². The highest BCUT2D eigenvalue weighted by atomic mass is 35.5. The van der Waals surface area contributed by atoms with Gasteiger partial charge in [0.1, 0.15) is 25.4 Å². The van der Waals surface area contributed by atoms with Crippen LogP contribution in [0.1, 0.15) is 92.5 Å². The van der Waals surface area contributed by atoms with E-state index in [0.29, 0.717) is 25.7 Å². The lowest BCUT2D eigenvalue weighted by molar-refractivity contribution is -0.169. The minimum absolute atomic E-state index is 0. The first-order chi connectivity index (χ1) is 25.5. The molecule has 2 fully saturated rings. The molecule has 2 N–H and O–H groups in total. The van der Waals surface area contributed by atoms with Crippen molar-refractivity contribution in [3.8, 4) is 12.0 Å². The molecule has 0 saturated carbocycles. The normalized spacial score (nSPS) is 25.9. The van der Waals surface area contributed by atoms with Crippen LogP contribution in [0.25, 0.3) is 0 Å². The highest BCUT2D eigenvalue weighted by Gasteiger charge is 2.56. The molecule has 0 bridgehead atoms. The van der Waals surface area contributed by atoms with Crippen molar-refractivity contribution < 1.29 is 57.1 Å². The smallest absolute Gasteiger partial charge is 0.311 e.